The first kappa shape index (κ1) is 23.0. The second-order valence-electron chi connectivity index (χ2n) is 8.24. The van der Waals surface area contributed by atoms with E-state index in [2.05, 4.69) is 34.5 Å². The van der Waals surface area contributed by atoms with Gasteiger partial charge in [0.25, 0.3) is 5.91 Å². The SMILES string of the molecule is COc1ccc2cc(CCN3CCOCC3)c(-c3cccc(C=C4SC(=S)NC4=O)c3)nc2c1. The van der Waals surface area contributed by atoms with Crippen LogP contribution < -0.4 is 10.1 Å². The summed E-state index contributed by atoms with van der Waals surface area (Å²) in [5.41, 5.74) is 4.99. The lowest BCUT2D eigenvalue weighted by Crippen LogP contribution is -2.37. The van der Waals surface area contributed by atoms with Crippen LogP contribution in [0.4, 0.5) is 0 Å². The molecule has 1 aromatic heterocycles. The fraction of sp³-hybridized carbons (Fsp3) is 0.269. The monoisotopic (exact) mass is 491 g/mol. The zero-order valence-electron chi connectivity index (χ0n) is 18.9. The molecule has 0 unspecified atom stereocenters. The topological polar surface area (TPSA) is 63.7 Å². The number of thiocarbonyl (C=S) groups is 1. The molecule has 34 heavy (non-hydrogen) atoms. The maximum absolute atomic E-state index is 12.1. The Bertz CT molecular complexity index is 1290. The molecule has 6 nitrogen and oxygen atoms in total. The molecule has 2 aliphatic rings. The maximum Gasteiger partial charge on any atom is 0.263 e. The van der Waals surface area contributed by atoms with Crippen molar-refractivity contribution in [2.75, 3.05) is 40.0 Å². The van der Waals surface area contributed by atoms with E-state index in [1.165, 1.54) is 17.3 Å². The highest BCUT2D eigenvalue weighted by molar-refractivity contribution is 8.26. The maximum atomic E-state index is 12.1. The zero-order chi connectivity index (χ0) is 23.5. The number of hydrogen-bond acceptors (Lipinski definition) is 7. The van der Waals surface area contributed by atoms with Crippen LogP contribution >= 0.6 is 24.0 Å². The van der Waals surface area contributed by atoms with E-state index in [1.807, 2.05) is 30.3 Å². The van der Waals surface area contributed by atoms with Crippen LogP contribution in [0.1, 0.15) is 11.1 Å². The van der Waals surface area contributed by atoms with Gasteiger partial charge in [-0.3, -0.25) is 9.69 Å². The fourth-order valence-electron chi connectivity index (χ4n) is 4.21. The first-order valence-corrected chi connectivity index (χ1v) is 12.4. The van der Waals surface area contributed by atoms with Crippen molar-refractivity contribution < 1.29 is 14.3 Å². The molecule has 0 radical (unpaired) electrons. The van der Waals surface area contributed by atoms with Gasteiger partial charge in [-0.1, -0.05) is 42.2 Å². The third kappa shape index (κ3) is 5.15. The number of ether oxygens (including phenoxy) is 2. The smallest absolute Gasteiger partial charge is 0.263 e. The van der Waals surface area contributed by atoms with Crippen molar-refractivity contribution >= 4 is 51.2 Å². The normalized spacial score (nSPS) is 18.0. The molecule has 2 fully saturated rings. The summed E-state index contributed by atoms with van der Waals surface area (Å²) < 4.78 is 11.4. The lowest BCUT2D eigenvalue weighted by molar-refractivity contribution is -0.115. The number of pyridine rings is 1. The van der Waals surface area contributed by atoms with Gasteiger partial charge >= 0.3 is 0 Å². The Morgan fingerprint density at radius 3 is 2.82 bits per heavy atom. The summed E-state index contributed by atoms with van der Waals surface area (Å²) in [5.74, 6) is 0.633. The summed E-state index contributed by atoms with van der Waals surface area (Å²) in [7, 11) is 1.67. The van der Waals surface area contributed by atoms with E-state index < -0.39 is 0 Å². The number of nitrogens with zero attached hydrogens (tertiary/aromatic N) is 2. The number of hydrogen-bond donors (Lipinski definition) is 1. The van der Waals surface area contributed by atoms with Gasteiger partial charge in [0.2, 0.25) is 0 Å². The number of rotatable bonds is 6. The first-order valence-electron chi connectivity index (χ1n) is 11.2. The molecule has 2 aromatic carbocycles. The molecular weight excluding hydrogens is 466 g/mol. The van der Waals surface area contributed by atoms with Gasteiger partial charge in [-0.2, -0.15) is 0 Å². The van der Waals surface area contributed by atoms with Crippen molar-refractivity contribution in [2.24, 2.45) is 0 Å². The van der Waals surface area contributed by atoms with Gasteiger partial charge in [0.15, 0.2) is 0 Å². The van der Waals surface area contributed by atoms with Crippen LogP contribution in [0.3, 0.4) is 0 Å². The molecule has 1 amide bonds. The lowest BCUT2D eigenvalue weighted by atomic mass is 9.99. The highest BCUT2D eigenvalue weighted by atomic mass is 32.2. The van der Waals surface area contributed by atoms with E-state index >= 15 is 0 Å². The van der Waals surface area contributed by atoms with Crippen molar-refractivity contribution in [2.45, 2.75) is 6.42 Å². The van der Waals surface area contributed by atoms with Crippen LogP contribution in [0.25, 0.3) is 28.2 Å². The summed E-state index contributed by atoms with van der Waals surface area (Å²) in [6, 6.07) is 16.4. The number of nitrogens with one attached hydrogen (secondary N) is 1. The van der Waals surface area contributed by atoms with E-state index in [0.717, 1.165) is 72.7 Å². The molecule has 8 heteroatoms. The van der Waals surface area contributed by atoms with Gasteiger partial charge in [-0.15, -0.1) is 0 Å². The number of morpholine rings is 1. The molecule has 2 saturated heterocycles. The Labute approximate surface area is 208 Å². The van der Waals surface area contributed by atoms with Crippen molar-refractivity contribution in [3.63, 3.8) is 0 Å². The van der Waals surface area contributed by atoms with Crippen molar-refractivity contribution in [3.05, 3.63) is 64.6 Å². The number of methoxy groups -OCH3 is 1. The van der Waals surface area contributed by atoms with Gasteiger partial charge in [0.05, 0.1) is 36.4 Å². The third-order valence-corrected chi connectivity index (χ3v) is 7.17. The summed E-state index contributed by atoms with van der Waals surface area (Å²) in [6.07, 6.45) is 2.77. The average Bonchev–Trinajstić information content (AvgIpc) is 3.18. The number of carbonyl (C=O) groups excluding carboxylic acids is 1. The molecule has 0 atom stereocenters. The van der Waals surface area contributed by atoms with Gasteiger partial charge in [0, 0.05) is 36.7 Å². The molecule has 2 aliphatic heterocycles. The number of fused-ring (bicyclic) bond motifs is 1. The first-order chi connectivity index (χ1) is 16.6. The van der Waals surface area contributed by atoms with E-state index in [1.54, 1.807) is 7.11 Å². The van der Waals surface area contributed by atoms with E-state index in [4.69, 9.17) is 26.7 Å². The minimum Gasteiger partial charge on any atom is -0.497 e. The van der Waals surface area contributed by atoms with E-state index in [0.29, 0.717) is 9.23 Å². The lowest BCUT2D eigenvalue weighted by Gasteiger charge is -2.26. The molecule has 0 bridgehead atoms. The molecule has 3 aromatic rings. The number of thioether (sulfide) groups is 1. The quantitative estimate of drug-likeness (QED) is 0.408. The number of aromatic nitrogens is 1. The van der Waals surface area contributed by atoms with Crippen LogP contribution in [-0.4, -0.2) is 60.1 Å². The number of carbonyl (C=O) groups is 1. The van der Waals surface area contributed by atoms with E-state index in [9.17, 15) is 4.79 Å². The minimum absolute atomic E-state index is 0.150. The number of benzene rings is 2. The Balaban J connectivity index is 1.53. The third-order valence-electron chi connectivity index (χ3n) is 6.00. The summed E-state index contributed by atoms with van der Waals surface area (Å²) in [4.78, 5) is 20.2. The van der Waals surface area contributed by atoms with Crippen molar-refractivity contribution in [3.8, 4) is 17.0 Å². The summed E-state index contributed by atoms with van der Waals surface area (Å²) in [6.45, 7) is 4.44. The minimum atomic E-state index is -0.150. The van der Waals surface area contributed by atoms with Crippen molar-refractivity contribution in [1.29, 1.82) is 0 Å². The standard InChI is InChI=1S/C26H25N3O3S2/c1-31-21-6-5-18-15-20(7-8-29-9-11-32-12-10-29)24(27-22(18)16-21)19-4-2-3-17(13-19)14-23-25(30)28-26(33)34-23/h2-6,13-16H,7-12H2,1H3,(H,28,30,33). The highest BCUT2D eigenvalue weighted by Crippen LogP contribution is 2.31. The molecular formula is C26H25N3O3S2. The van der Waals surface area contributed by atoms with Crippen LogP contribution in [0.5, 0.6) is 5.75 Å². The summed E-state index contributed by atoms with van der Waals surface area (Å²) in [5, 5.41) is 3.76. The molecule has 174 valence electrons. The summed E-state index contributed by atoms with van der Waals surface area (Å²) >= 11 is 6.41. The van der Waals surface area contributed by atoms with Crippen LogP contribution in [0, 0.1) is 0 Å². The molecule has 5 rings (SSSR count). The predicted octanol–water partition coefficient (Wildman–Crippen LogP) is 4.27. The van der Waals surface area contributed by atoms with Gasteiger partial charge in [-0.25, -0.2) is 4.98 Å². The highest BCUT2D eigenvalue weighted by Gasteiger charge is 2.22. The van der Waals surface area contributed by atoms with E-state index in [-0.39, 0.29) is 5.91 Å². The average molecular weight is 492 g/mol. The Hall–Kier alpha value is -2.78. The van der Waals surface area contributed by atoms with Crippen LogP contribution in [-0.2, 0) is 16.0 Å². The van der Waals surface area contributed by atoms with Gasteiger partial charge in [-0.05, 0) is 47.9 Å². The molecule has 3 heterocycles. The zero-order valence-corrected chi connectivity index (χ0v) is 20.5. The Morgan fingerprint density at radius 1 is 1.21 bits per heavy atom. The molecule has 0 spiro atoms. The van der Waals surface area contributed by atoms with Crippen molar-refractivity contribution in [1.82, 2.24) is 15.2 Å². The molecule has 1 N–H and O–H groups in total. The Morgan fingerprint density at radius 2 is 2.06 bits per heavy atom. The van der Waals surface area contributed by atoms with Crippen LogP contribution in [0.2, 0.25) is 0 Å². The fourth-order valence-corrected chi connectivity index (χ4v) is 5.25. The second-order valence-corrected chi connectivity index (χ2v) is 9.96. The Kier molecular flexibility index (Phi) is 6.92. The predicted molar refractivity (Wildman–Crippen MR) is 141 cm³/mol. The number of amides is 1. The second kappa shape index (κ2) is 10.2. The largest absolute Gasteiger partial charge is 0.497 e. The van der Waals surface area contributed by atoms with Gasteiger partial charge < -0.3 is 14.8 Å². The van der Waals surface area contributed by atoms with Crippen LogP contribution in [0.15, 0.2) is 53.4 Å². The molecule has 0 saturated carbocycles. The van der Waals surface area contributed by atoms with Gasteiger partial charge in [0.1, 0.15) is 10.1 Å². The molecule has 0 aliphatic carbocycles.